The van der Waals surface area contributed by atoms with Crippen molar-refractivity contribution in [2.45, 2.75) is 77.2 Å². The first kappa shape index (κ1) is 18.1. The molecule has 0 fully saturated rings. The summed E-state index contributed by atoms with van der Waals surface area (Å²) in [6, 6.07) is 0.281. The van der Waals surface area contributed by atoms with Crippen LogP contribution in [-0.2, 0) is 9.16 Å². The van der Waals surface area contributed by atoms with E-state index in [1.165, 1.54) is 0 Å². The van der Waals surface area contributed by atoms with Crippen LogP contribution in [0.1, 0.15) is 48.5 Å². The maximum absolute atomic E-state index is 6.60. The molecule has 0 amide bonds. The molecule has 0 aromatic heterocycles. The van der Waals surface area contributed by atoms with Crippen LogP contribution < -0.4 is 0 Å². The molecule has 21 heavy (non-hydrogen) atoms. The van der Waals surface area contributed by atoms with Crippen molar-refractivity contribution >= 4 is 8.32 Å². The maximum Gasteiger partial charge on any atom is 0.282 e. The molecule has 0 unspecified atom stereocenters. The predicted molar refractivity (Wildman–Crippen MR) is 92.5 cm³/mol. The fourth-order valence-electron chi connectivity index (χ4n) is 3.60. The Balaban J connectivity index is 3.10. The monoisotopic (exact) mass is 311 g/mol. The van der Waals surface area contributed by atoms with E-state index in [9.17, 15) is 0 Å². The third-order valence-corrected chi connectivity index (χ3v) is 10.9. The van der Waals surface area contributed by atoms with Crippen molar-refractivity contribution in [1.29, 1.82) is 0 Å². The second-order valence-corrected chi connectivity index (χ2v) is 12.5. The van der Waals surface area contributed by atoms with Crippen LogP contribution in [0.3, 0.4) is 0 Å². The van der Waals surface area contributed by atoms with E-state index in [-0.39, 0.29) is 12.1 Å². The molecule has 0 bridgehead atoms. The first-order valence-corrected chi connectivity index (χ1v) is 10.2. The Labute approximate surface area is 132 Å². The summed E-state index contributed by atoms with van der Waals surface area (Å²) in [6.07, 6.45) is 3.84. The van der Waals surface area contributed by atoms with Crippen molar-refractivity contribution < 1.29 is 9.16 Å². The number of likely N-dealkylation sites (N-methyl/N-ethyl adjacent to an activating group) is 1. The summed E-state index contributed by atoms with van der Waals surface area (Å²) in [6.45, 7) is 19.7. The molecule has 0 aliphatic carbocycles. The molecule has 1 aliphatic rings. The van der Waals surface area contributed by atoms with Gasteiger partial charge in [-0.1, -0.05) is 48.1 Å². The summed E-state index contributed by atoms with van der Waals surface area (Å²) in [5, 5.41) is 0. The quantitative estimate of drug-likeness (QED) is 0.515. The third kappa shape index (κ3) is 3.47. The SMILES string of the molecule is C=C[C@@H]1OC(O[Si](C(C)C)(C(C)C)C(C)C)=CN(C)[C@H]1C. The second kappa shape index (κ2) is 6.90. The van der Waals surface area contributed by atoms with Crippen LogP contribution in [0.4, 0.5) is 0 Å². The van der Waals surface area contributed by atoms with Gasteiger partial charge in [-0.2, -0.15) is 0 Å². The van der Waals surface area contributed by atoms with Crippen molar-refractivity contribution in [2.75, 3.05) is 7.05 Å². The molecular formula is C17H33NO2Si. The fraction of sp³-hybridized carbons (Fsp3) is 0.765. The van der Waals surface area contributed by atoms with Gasteiger partial charge in [0.2, 0.25) is 0 Å². The maximum atomic E-state index is 6.60. The molecule has 0 saturated heterocycles. The summed E-state index contributed by atoms with van der Waals surface area (Å²) in [4.78, 5) is 2.16. The largest absolute Gasteiger partial charge is 0.517 e. The molecule has 0 saturated carbocycles. The minimum absolute atomic E-state index is 0.0202. The highest BCUT2D eigenvalue weighted by atomic mass is 28.4. The molecule has 0 aromatic carbocycles. The van der Waals surface area contributed by atoms with E-state index in [0.29, 0.717) is 22.6 Å². The van der Waals surface area contributed by atoms with E-state index >= 15 is 0 Å². The van der Waals surface area contributed by atoms with Crippen LogP contribution in [0.2, 0.25) is 16.6 Å². The topological polar surface area (TPSA) is 21.7 Å². The number of hydrogen-bond acceptors (Lipinski definition) is 3. The van der Waals surface area contributed by atoms with Crippen molar-refractivity contribution in [1.82, 2.24) is 4.90 Å². The molecule has 0 radical (unpaired) electrons. The molecule has 2 atom stereocenters. The molecule has 1 aliphatic heterocycles. The highest BCUT2D eigenvalue weighted by Gasteiger charge is 2.48. The van der Waals surface area contributed by atoms with Crippen molar-refractivity contribution in [2.24, 2.45) is 0 Å². The van der Waals surface area contributed by atoms with Gasteiger partial charge in [0.05, 0.1) is 12.2 Å². The molecule has 3 nitrogen and oxygen atoms in total. The van der Waals surface area contributed by atoms with Crippen LogP contribution >= 0.6 is 0 Å². The van der Waals surface area contributed by atoms with Gasteiger partial charge in [-0.15, -0.1) is 0 Å². The zero-order valence-corrected chi connectivity index (χ0v) is 16.0. The molecule has 4 heteroatoms. The lowest BCUT2D eigenvalue weighted by molar-refractivity contribution is -0.00443. The smallest absolute Gasteiger partial charge is 0.282 e. The summed E-state index contributed by atoms with van der Waals surface area (Å²) in [5.74, 6) is 0.670. The normalized spacial score (nSPS) is 23.4. The van der Waals surface area contributed by atoms with Crippen molar-refractivity contribution in [3.05, 3.63) is 24.8 Å². The molecule has 1 rings (SSSR count). The van der Waals surface area contributed by atoms with Crippen molar-refractivity contribution in [3.8, 4) is 0 Å². The highest BCUT2D eigenvalue weighted by Crippen LogP contribution is 2.44. The second-order valence-electron chi connectivity index (χ2n) is 7.09. The molecule has 0 N–H and O–H groups in total. The Morgan fingerprint density at radius 2 is 1.67 bits per heavy atom. The van der Waals surface area contributed by atoms with Crippen LogP contribution in [0, 0.1) is 0 Å². The van der Waals surface area contributed by atoms with Crippen LogP contribution in [0.25, 0.3) is 0 Å². The van der Waals surface area contributed by atoms with Crippen molar-refractivity contribution in [3.63, 3.8) is 0 Å². The van der Waals surface area contributed by atoms with E-state index in [4.69, 9.17) is 9.16 Å². The van der Waals surface area contributed by atoms with Gasteiger partial charge < -0.3 is 14.1 Å². The van der Waals surface area contributed by atoms with Crippen LogP contribution in [0.5, 0.6) is 0 Å². The lowest BCUT2D eigenvalue weighted by atomic mass is 10.1. The summed E-state index contributed by atoms with van der Waals surface area (Å²) < 4.78 is 12.6. The number of ether oxygens (including phenoxy) is 1. The standard InChI is InChI=1S/C17H33NO2Si/c1-10-16-15(8)18(9)11-17(19-16)20-21(12(2)3,13(4)5)14(6)7/h10-16H,1H2,2-9H3/t15-,16-/m0/s1. The Morgan fingerprint density at radius 3 is 2.05 bits per heavy atom. The Morgan fingerprint density at radius 1 is 1.19 bits per heavy atom. The molecular weight excluding hydrogens is 278 g/mol. The molecule has 0 aromatic rings. The number of hydrogen-bond donors (Lipinski definition) is 0. The van der Waals surface area contributed by atoms with Gasteiger partial charge in [-0.3, -0.25) is 0 Å². The van der Waals surface area contributed by atoms with Gasteiger partial charge in [0.25, 0.3) is 14.3 Å². The fourth-order valence-corrected chi connectivity index (χ4v) is 8.76. The minimum Gasteiger partial charge on any atom is -0.517 e. The first-order chi connectivity index (χ1) is 9.66. The van der Waals surface area contributed by atoms with E-state index in [0.717, 1.165) is 0 Å². The Kier molecular flexibility index (Phi) is 5.97. The predicted octanol–water partition coefficient (Wildman–Crippen LogP) is 4.88. The molecule has 0 spiro atoms. The minimum atomic E-state index is -1.96. The summed E-state index contributed by atoms with van der Waals surface area (Å²) >= 11 is 0. The first-order valence-electron chi connectivity index (χ1n) is 8.08. The highest BCUT2D eigenvalue weighted by molar-refractivity contribution is 6.77. The molecule has 122 valence electrons. The van der Waals surface area contributed by atoms with E-state index < -0.39 is 8.32 Å². The Hall–Kier alpha value is -0.903. The zero-order chi connectivity index (χ0) is 16.4. The van der Waals surface area contributed by atoms with Gasteiger partial charge >= 0.3 is 0 Å². The number of nitrogens with zero attached hydrogens (tertiary/aromatic N) is 1. The lowest BCUT2D eigenvalue weighted by Crippen LogP contribution is -2.49. The molecule has 1 heterocycles. The van der Waals surface area contributed by atoms with Gasteiger partial charge in [0.15, 0.2) is 0 Å². The van der Waals surface area contributed by atoms with Crippen LogP contribution in [-0.4, -0.2) is 32.4 Å². The van der Waals surface area contributed by atoms with Gasteiger partial charge in [0.1, 0.15) is 6.10 Å². The lowest BCUT2D eigenvalue weighted by Gasteiger charge is -2.44. The van der Waals surface area contributed by atoms with Gasteiger partial charge in [0, 0.05) is 7.05 Å². The average molecular weight is 312 g/mol. The zero-order valence-electron chi connectivity index (χ0n) is 15.0. The number of rotatable bonds is 6. The summed E-state index contributed by atoms with van der Waals surface area (Å²) in [5.41, 5.74) is 1.61. The average Bonchev–Trinajstić information content (AvgIpc) is 2.38. The summed E-state index contributed by atoms with van der Waals surface area (Å²) in [7, 11) is 0.103. The van der Waals surface area contributed by atoms with Gasteiger partial charge in [-0.05, 0) is 29.6 Å². The van der Waals surface area contributed by atoms with Crippen LogP contribution in [0.15, 0.2) is 24.8 Å². The third-order valence-electron chi connectivity index (χ3n) is 4.90. The van der Waals surface area contributed by atoms with Gasteiger partial charge in [-0.25, -0.2) is 0 Å². The van der Waals surface area contributed by atoms with E-state index in [1.807, 2.05) is 12.3 Å². The van der Waals surface area contributed by atoms with E-state index in [2.05, 4.69) is 67.0 Å². The van der Waals surface area contributed by atoms with E-state index in [1.54, 1.807) is 0 Å². The Bertz CT molecular complexity index is 368.